The van der Waals surface area contributed by atoms with Crippen LogP contribution in [0.1, 0.15) is 6.42 Å². The number of hydrogen-bond acceptors (Lipinski definition) is 1. The van der Waals surface area contributed by atoms with Crippen molar-refractivity contribution in [1.82, 2.24) is 0 Å². The normalized spacial score (nSPS) is 29.0. The molecule has 6 heavy (non-hydrogen) atoms. The van der Waals surface area contributed by atoms with Gasteiger partial charge in [-0.1, -0.05) is 12.2 Å². The molecule has 0 fully saturated rings. The standard InChI is InChI=1S/C5H6O/c6-4-5-2-1-3-5/h1-2,4-5H,3H2. The van der Waals surface area contributed by atoms with E-state index in [1.807, 2.05) is 12.2 Å². The molecule has 0 aromatic rings. The first-order valence-corrected chi connectivity index (χ1v) is 2.05. The number of rotatable bonds is 1. The first kappa shape index (κ1) is 3.59. The summed E-state index contributed by atoms with van der Waals surface area (Å²) in [5, 5.41) is 0. The van der Waals surface area contributed by atoms with Crippen molar-refractivity contribution in [2.45, 2.75) is 6.42 Å². The molecule has 0 N–H and O–H groups in total. The van der Waals surface area contributed by atoms with E-state index in [9.17, 15) is 4.79 Å². The van der Waals surface area contributed by atoms with Gasteiger partial charge in [0.1, 0.15) is 6.29 Å². The molecule has 0 saturated carbocycles. The van der Waals surface area contributed by atoms with Crippen molar-refractivity contribution >= 4 is 6.29 Å². The SMILES string of the molecule is O=CC1C=CC1. The summed E-state index contributed by atoms with van der Waals surface area (Å²) in [6.45, 7) is 0. The van der Waals surface area contributed by atoms with Crippen molar-refractivity contribution in [3.8, 4) is 0 Å². The third-order valence-electron chi connectivity index (χ3n) is 0.966. The summed E-state index contributed by atoms with van der Waals surface area (Å²) in [5.74, 6) is 0.255. The molecule has 0 radical (unpaired) electrons. The maximum atomic E-state index is 9.74. The molecule has 0 bridgehead atoms. The van der Waals surface area contributed by atoms with E-state index in [0.717, 1.165) is 12.7 Å². The average Bonchev–Trinajstić information content (AvgIpc) is 1.31. The van der Waals surface area contributed by atoms with Crippen molar-refractivity contribution in [3.05, 3.63) is 12.2 Å². The predicted molar refractivity (Wildman–Crippen MR) is 23.3 cm³/mol. The lowest BCUT2D eigenvalue weighted by molar-refractivity contribution is -0.110. The van der Waals surface area contributed by atoms with Crippen LogP contribution >= 0.6 is 0 Å². The molecule has 1 atom stereocenters. The lowest BCUT2D eigenvalue weighted by atomic mass is 9.98. The van der Waals surface area contributed by atoms with Crippen LogP contribution in [0.3, 0.4) is 0 Å². The Hall–Kier alpha value is -0.590. The van der Waals surface area contributed by atoms with Crippen LogP contribution in [0, 0.1) is 5.92 Å². The highest BCUT2D eigenvalue weighted by Gasteiger charge is 2.05. The summed E-state index contributed by atoms with van der Waals surface area (Å²) in [4.78, 5) is 9.74. The smallest absolute Gasteiger partial charge is 0.127 e. The second kappa shape index (κ2) is 1.25. The number of allylic oxidation sites excluding steroid dienone is 2. The van der Waals surface area contributed by atoms with Crippen LogP contribution < -0.4 is 0 Å². The van der Waals surface area contributed by atoms with Crippen LogP contribution in [0.4, 0.5) is 0 Å². The van der Waals surface area contributed by atoms with Gasteiger partial charge < -0.3 is 4.79 Å². The van der Waals surface area contributed by atoms with Gasteiger partial charge in [0.05, 0.1) is 0 Å². The summed E-state index contributed by atoms with van der Waals surface area (Å²) in [6, 6.07) is 0. The second-order valence-corrected chi connectivity index (χ2v) is 1.46. The largest absolute Gasteiger partial charge is 0.303 e. The van der Waals surface area contributed by atoms with E-state index in [-0.39, 0.29) is 5.92 Å². The quantitative estimate of drug-likeness (QED) is 0.337. The molecule has 0 heterocycles. The Labute approximate surface area is 36.7 Å². The lowest BCUT2D eigenvalue weighted by Crippen LogP contribution is -2.02. The molecule has 32 valence electrons. The van der Waals surface area contributed by atoms with Gasteiger partial charge in [-0.25, -0.2) is 0 Å². The average molecular weight is 82.1 g/mol. The van der Waals surface area contributed by atoms with Crippen molar-refractivity contribution < 1.29 is 4.79 Å². The van der Waals surface area contributed by atoms with E-state index in [1.54, 1.807) is 0 Å². The number of carbonyl (C=O) groups excluding carboxylic acids is 1. The monoisotopic (exact) mass is 82.0 g/mol. The van der Waals surface area contributed by atoms with Gasteiger partial charge in [-0.15, -0.1) is 0 Å². The van der Waals surface area contributed by atoms with Crippen LogP contribution in [0.15, 0.2) is 12.2 Å². The van der Waals surface area contributed by atoms with E-state index in [2.05, 4.69) is 0 Å². The van der Waals surface area contributed by atoms with Crippen LogP contribution in [0.2, 0.25) is 0 Å². The van der Waals surface area contributed by atoms with Crippen molar-refractivity contribution in [2.75, 3.05) is 0 Å². The van der Waals surface area contributed by atoms with Gasteiger partial charge in [-0.05, 0) is 6.42 Å². The topological polar surface area (TPSA) is 17.1 Å². The molecule has 0 aliphatic heterocycles. The molecular weight excluding hydrogens is 76.1 g/mol. The molecule has 1 nitrogen and oxygen atoms in total. The molecule has 0 spiro atoms. The Kier molecular flexibility index (Phi) is 0.748. The highest BCUT2D eigenvalue weighted by Crippen LogP contribution is 2.11. The molecule has 1 rings (SSSR count). The van der Waals surface area contributed by atoms with E-state index in [4.69, 9.17) is 0 Å². The third-order valence-corrected chi connectivity index (χ3v) is 0.966. The minimum atomic E-state index is 0.255. The summed E-state index contributed by atoms with van der Waals surface area (Å²) >= 11 is 0. The van der Waals surface area contributed by atoms with Gasteiger partial charge >= 0.3 is 0 Å². The fraction of sp³-hybridized carbons (Fsp3) is 0.400. The number of aldehydes is 1. The summed E-state index contributed by atoms with van der Waals surface area (Å²) in [5.41, 5.74) is 0. The molecule has 0 aromatic heterocycles. The van der Waals surface area contributed by atoms with Crippen LogP contribution in [0.5, 0.6) is 0 Å². The Balaban J connectivity index is 2.39. The molecular formula is C5H6O. The maximum absolute atomic E-state index is 9.74. The van der Waals surface area contributed by atoms with Crippen LogP contribution in [-0.4, -0.2) is 6.29 Å². The van der Waals surface area contributed by atoms with Crippen molar-refractivity contribution in [3.63, 3.8) is 0 Å². The molecule has 0 aromatic carbocycles. The zero-order valence-electron chi connectivity index (χ0n) is 3.42. The fourth-order valence-electron chi connectivity index (χ4n) is 0.394. The summed E-state index contributed by atoms with van der Waals surface area (Å²) in [6.07, 6.45) is 5.84. The highest BCUT2D eigenvalue weighted by molar-refractivity contribution is 5.59. The maximum Gasteiger partial charge on any atom is 0.127 e. The molecule has 0 saturated heterocycles. The Morgan fingerprint density at radius 1 is 1.83 bits per heavy atom. The predicted octanol–water partition coefficient (Wildman–Crippen LogP) is 0.761. The third kappa shape index (κ3) is 0.361. The zero-order valence-corrected chi connectivity index (χ0v) is 3.42. The first-order chi connectivity index (χ1) is 2.93. The van der Waals surface area contributed by atoms with E-state index in [1.165, 1.54) is 0 Å². The first-order valence-electron chi connectivity index (χ1n) is 2.05. The Morgan fingerprint density at radius 2 is 2.50 bits per heavy atom. The summed E-state index contributed by atoms with van der Waals surface area (Å²) in [7, 11) is 0. The fourth-order valence-corrected chi connectivity index (χ4v) is 0.394. The van der Waals surface area contributed by atoms with Crippen LogP contribution in [0.25, 0.3) is 0 Å². The van der Waals surface area contributed by atoms with Crippen LogP contribution in [-0.2, 0) is 4.79 Å². The van der Waals surface area contributed by atoms with Gasteiger partial charge in [0.25, 0.3) is 0 Å². The molecule has 1 aliphatic rings. The second-order valence-electron chi connectivity index (χ2n) is 1.46. The lowest BCUT2D eigenvalue weighted by Gasteiger charge is -2.06. The zero-order chi connectivity index (χ0) is 4.41. The summed E-state index contributed by atoms with van der Waals surface area (Å²) < 4.78 is 0. The Morgan fingerprint density at radius 3 is 2.50 bits per heavy atom. The number of hydrogen-bond donors (Lipinski definition) is 0. The van der Waals surface area contributed by atoms with Gasteiger partial charge in [0.15, 0.2) is 0 Å². The van der Waals surface area contributed by atoms with Gasteiger partial charge in [-0.3, -0.25) is 0 Å². The highest BCUT2D eigenvalue weighted by atomic mass is 16.1. The molecule has 1 unspecified atom stereocenters. The van der Waals surface area contributed by atoms with Crippen molar-refractivity contribution in [1.29, 1.82) is 0 Å². The van der Waals surface area contributed by atoms with Gasteiger partial charge in [0, 0.05) is 5.92 Å². The molecule has 0 amide bonds. The number of carbonyl (C=O) groups is 1. The molecule has 1 aliphatic carbocycles. The Bertz CT molecular complexity index is 83.9. The minimum absolute atomic E-state index is 0.255. The van der Waals surface area contributed by atoms with Gasteiger partial charge in [0.2, 0.25) is 0 Å². The van der Waals surface area contributed by atoms with E-state index in [0.29, 0.717) is 0 Å². The van der Waals surface area contributed by atoms with Gasteiger partial charge in [-0.2, -0.15) is 0 Å². The minimum Gasteiger partial charge on any atom is -0.303 e. The van der Waals surface area contributed by atoms with E-state index < -0.39 is 0 Å². The van der Waals surface area contributed by atoms with E-state index >= 15 is 0 Å². The molecule has 1 heteroatoms. The van der Waals surface area contributed by atoms with Crippen molar-refractivity contribution in [2.24, 2.45) is 5.92 Å².